The molecule has 4 aromatic rings. The molecule has 1 N–H and O–H groups in total. The molecule has 0 fully saturated rings. The van der Waals surface area contributed by atoms with Gasteiger partial charge in [-0.3, -0.25) is 4.72 Å². The van der Waals surface area contributed by atoms with Crippen molar-refractivity contribution in [3.8, 4) is 11.4 Å². The average molecular weight is 479 g/mol. The van der Waals surface area contributed by atoms with Crippen LogP contribution in [0.2, 0.25) is 0 Å². The van der Waals surface area contributed by atoms with Gasteiger partial charge in [0.05, 0.1) is 29.7 Å². The normalized spacial score (nSPS) is 11.4. The Labute approximate surface area is 199 Å². The third-order valence-electron chi connectivity index (χ3n) is 5.60. The van der Waals surface area contributed by atoms with E-state index in [1.54, 1.807) is 37.3 Å². The van der Waals surface area contributed by atoms with E-state index in [2.05, 4.69) is 4.72 Å². The van der Waals surface area contributed by atoms with Crippen molar-refractivity contribution in [2.24, 2.45) is 0 Å². The van der Waals surface area contributed by atoms with Crippen molar-refractivity contribution in [3.63, 3.8) is 0 Å². The van der Waals surface area contributed by atoms with Crippen LogP contribution in [0.5, 0.6) is 5.75 Å². The van der Waals surface area contributed by atoms with Gasteiger partial charge in [-0.05, 0) is 75.4 Å². The van der Waals surface area contributed by atoms with Gasteiger partial charge in [-0.25, -0.2) is 13.2 Å². The molecule has 0 spiro atoms. The summed E-state index contributed by atoms with van der Waals surface area (Å²) in [5, 5.41) is 0.603. The van der Waals surface area contributed by atoms with Crippen LogP contribution in [0.4, 0.5) is 5.69 Å². The fourth-order valence-electron chi connectivity index (χ4n) is 3.94. The number of carbonyl (C=O) groups excluding carboxylic acids is 1. The number of methoxy groups -OCH3 is 1. The Morgan fingerprint density at radius 1 is 0.971 bits per heavy atom. The maximum Gasteiger partial charge on any atom is 0.340 e. The molecule has 4 rings (SSSR count). The summed E-state index contributed by atoms with van der Waals surface area (Å²) in [4.78, 5) is 13.0. The Hall–Kier alpha value is -3.78. The lowest BCUT2D eigenvalue weighted by Gasteiger charge is -2.11. The first-order chi connectivity index (χ1) is 16.2. The average Bonchev–Trinajstić information content (AvgIpc) is 3.10. The van der Waals surface area contributed by atoms with E-state index in [9.17, 15) is 13.2 Å². The van der Waals surface area contributed by atoms with Crippen LogP contribution in [-0.2, 0) is 14.8 Å². The number of aromatic nitrogens is 1. The topological polar surface area (TPSA) is 86.6 Å². The van der Waals surface area contributed by atoms with Gasteiger partial charge in [0.15, 0.2) is 0 Å². The summed E-state index contributed by atoms with van der Waals surface area (Å²) >= 11 is 0. The predicted octanol–water partition coefficient (Wildman–Crippen LogP) is 5.23. The maximum absolute atomic E-state index is 12.9. The highest BCUT2D eigenvalue weighted by Gasteiger charge is 2.23. The molecule has 7 nitrogen and oxygen atoms in total. The fraction of sp³-hybridized carbons (Fsp3) is 0.192. The molecule has 0 aliphatic carbocycles. The van der Waals surface area contributed by atoms with Crippen LogP contribution in [0, 0.1) is 13.8 Å². The molecule has 0 amide bonds. The van der Waals surface area contributed by atoms with E-state index in [-0.39, 0.29) is 11.5 Å². The highest BCUT2D eigenvalue weighted by Crippen LogP contribution is 2.33. The number of aryl methyl sites for hydroxylation is 1. The van der Waals surface area contributed by atoms with E-state index in [1.165, 1.54) is 19.2 Å². The molecule has 0 radical (unpaired) electrons. The van der Waals surface area contributed by atoms with Crippen LogP contribution in [0.3, 0.4) is 0 Å². The van der Waals surface area contributed by atoms with Crippen LogP contribution in [0.15, 0.2) is 71.6 Å². The lowest BCUT2D eigenvalue weighted by molar-refractivity contribution is 0.0527. The van der Waals surface area contributed by atoms with E-state index in [0.717, 1.165) is 16.8 Å². The van der Waals surface area contributed by atoms with Gasteiger partial charge in [0.2, 0.25) is 0 Å². The van der Waals surface area contributed by atoms with E-state index in [1.807, 2.05) is 42.7 Å². The first kappa shape index (κ1) is 23.4. The summed E-state index contributed by atoms with van der Waals surface area (Å²) in [7, 11) is -2.32. The number of hydrogen-bond acceptors (Lipinski definition) is 5. The van der Waals surface area contributed by atoms with Gasteiger partial charge in [-0.15, -0.1) is 0 Å². The number of rotatable bonds is 7. The Kier molecular flexibility index (Phi) is 6.34. The minimum atomic E-state index is -3.84. The second-order valence-electron chi connectivity index (χ2n) is 7.86. The van der Waals surface area contributed by atoms with Gasteiger partial charge in [-0.1, -0.05) is 17.7 Å². The fourth-order valence-corrected chi connectivity index (χ4v) is 4.99. The molecule has 0 saturated carbocycles. The molecule has 176 valence electrons. The first-order valence-electron chi connectivity index (χ1n) is 10.8. The second kappa shape index (κ2) is 9.23. The summed E-state index contributed by atoms with van der Waals surface area (Å²) in [6, 6.07) is 19.2. The summed E-state index contributed by atoms with van der Waals surface area (Å²) < 4.78 is 40.9. The Bertz CT molecular complexity index is 1450. The van der Waals surface area contributed by atoms with Gasteiger partial charge >= 0.3 is 5.97 Å². The number of benzene rings is 3. The Balaban J connectivity index is 1.82. The molecule has 1 aromatic heterocycles. The molecule has 1 heterocycles. The molecular formula is C26H26N2O5S. The lowest BCUT2D eigenvalue weighted by Crippen LogP contribution is -2.13. The van der Waals surface area contributed by atoms with Crippen molar-refractivity contribution in [2.75, 3.05) is 18.4 Å². The van der Waals surface area contributed by atoms with Gasteiger partial charge in [-0.2, -0.15) is 0 Å². The largest absolute Gasteiger partial charge is 0.497 e. The monoisotopic (exact) mass is 478 g/mol. The molecule has 0 bridgehead atoms. The standard InChI is InChI=1S/C26H26N2O5S/c1-5-33-26(29)25-18(3)28(20-9-6-17(2)7-10-20)24-15-8-19(16-23(24)25)27-34(30,31)22-13-11-21(32-4)12-14-22/h6-16,27H,5H2,1-4H3. The molecule has 0 atom stereocenters. The molecule has 0 aliphatic rings. The molecule has 0 saturated heterocycles. The molecular weight excluding hydrogens is 452 g/mol. The molecule has 0 aliphatic heterocycles. The van der Waals surface area contributed by atoms with E-state index < -0.39 is 16.0 Å². The van der Waals surface area contributed by atoms with Crippen molar-refractivity contribution in [1.29, 1.82) is 0 Å². The highest BCUT2D eigenvalue weighted by molar-refractivity contribution is 7.92. The van der Waals surface area contributed by atoms with Crippen molar-refractivity contribution in [3.05, 3.63) is 83.6 Å². The van der Waals surface area contributed by atoms with E-state index >= 15 is 0 Å². The van der Waals surface area contributed by atoms with Crippen LogP contribution in [-0.4, -0.2) is 32.7 Å². The van der Waals surface area contributed by atoms with Gasteiger partial charge in [0.1, 0.15) is 5.75 Å². The first-order valence-corrected chi connectivity index (χ1v) is 12.3. The van der Waals surface area contributed by atoms with Crippen molar-refractivity contribution < 1.29 is 22.7 Å². The third kappa shape index (κ3) is 4.36. The van der Waals surface area contributed by atoms with Crippen LogP contribution in [0.1, 0.15) is 28.5 Å². The number of carbonyl (C=O) groups is 1. The third-order valence-corrected chi connectivity index (χ3v) is 6.99. The number of esters is 1. The Morgan fingerprint density at radius 3 is 2.26 bits per heavy atom. The van der Waals surface area contributed by atoms with Gasteiger partial charge in [0, 0.05) is 22.5 Å². The van der Waals surface area contributed by atoms with Crippen molar-refractivity contribution in [2.45, 2.75) is 25.7 Å². The Morgan fingerprint density at radius 2 is 1.65 bits per heavy atom. The quantitative estimate of drug-likeness (QED) is 0.368. The predicted molar refractivity (Wildman–Crippen MR) is 133 cm³/mol. The minimum absolute atomic E-state index is 0.104. The zero-order valence-electron chi connectivity index (χ0n) is 19.5. The second-order valence-corrected chi connectivity index (χ2v) is 9.55. The van der Waals surface area contributed by atoms with Crippen molar-refractivity contribution in [1.82, 2.24) is 4.57 Å². The lowest BCUT2D eigenvalue weighted by atomic mass is 10.1. The number of fused-ring (bicyclic) bond motifs is 1. The van der Waals surface area contributed by atoms with Crippen LogP contribution in [0.25, 0.3) is 16.6 Å². The summed E-state index contributed by atoms with van der Waals surface area (Å²) in [5.74, 6) is 0.110. The smallest absolute Gasteiger partial charge is 0.340 e. The number of hydrogen-bond donors (Lipinski definition) is 1. The number of nitrogens with one attached hydrogen (secondary N) is 1. The summed E-state index contributed by atoms with van der Waals surface area (Å²) in [6.45, 7) is 5.85. The number of ether oxygens (including phenoxy) is 2. The molecule has 8 heteroatoms. The molecule has 34 heavy (non-hydrogen) atoms. The number of nitrogens with zero attached hydrogens (tertiary/aromatic N) is 1. The zero-order valence-corrected chi connectivity index (χ0v) is 20.3. The SMILES string of the molecule is CCOC(=O)c1c(C)n(-c2ccc(C)cc2)c2ccc(NS(=O)(=O)c3ccc(OC)cc3)cc12. The van der Waals surface area contributed by atoms with Crippen LogP contribution < -0.4 is 9.46 Å². The van der Waals surface area contributed by atoms with E-state index in [4.69, 9.17) is 9.47 Å². The van der Waals surface area contributed by atoms with E-state index in [0.29, 0.717) is 28.1 Å². The highest BCUT2D eigenvalue weighted by atomic mass is 32.2. The van der Waals surface area contributed by atoms with Gasteiger partial charge < -0.3 is 14.0 Å². The summed E-state index contributed by atoms with van der Waals surface area (Å²) in [6.07, 6.45) is 0. The van der Waals surface area contributed by atoms with Crippen LogP contribution >= 0.6 is 0 Å². The molecule has 0 unspecified atom stereocenters. The number of anilines is 1. The minimum Gasteiger partial charge on any atom is -0.497 e. The number of sulfonamides is 1. The van der Waals surface area contributed by atoms with Gasteiger partial charge in [0.25, 0.3) is 10.0 Å². The van der Waals surface area contributed by atoms with Crippen molar-refractivity contribution >= 4 is 32.6 Å². The molecule has 3 aromatic carbocycles. The maximum atomic E-state index is 12.9. The zero-order chi connectivity index (χ0) is 24.5. The summed E-state index contributed by atoms with van der Waals surface area (Å²) in [5.41, 5.74) is 4.26.